The van der Waals surface area contributed by atoms with Gasteiger partial charge in [0.15, 0.2) is 5.82 Å². The van der Waals surface area contributed by atoms with Crippen LogP contribution in [0.1, 0.15) is 19.3 Å². The molecule has 0 amide bonds. The van der Waals surface area contributed by atoms with Gasteiger partial charge in [0.05, 0.1) is 0 Å². The van der Waals surface area contributed by atoms with Crippen LogP contribution in [-0.2, 0) is 0 Å². The van der Waals surface area contributed by atoms with Crippen molar-refractivity contribution in [1.29, 1.82) is 0 Å². The fourth-order valence-corrected chi connectivity index (χ4v) is 3.76. The Balaban J connectivity index is 1.66. The number of rotatable bonds is 4. The number of hydrogen-bond donors (Lipinski definition) is 2. The molecule has 1 aliphatic carbocycles. The molecule has 4 nitrogen and oxygen atoms in total. The molecule has 1 atom stereocenters. The van der Waals surface area contributed by atoms with Crippen molar-refractivity contribution in [3.63, 3.8) is 0 Å². The second kappa shape index (κ2) is 6.93. The second-order valence-electron chi connectivity index (χ2n) is 6.95. The number of aromatic nitrogens is 2. The summed E-state index contributed by atoms with van der Waals surface area (Å²) in [7, 11) is 0. The summed E-state index contributed by atoms with van der Waals surface area (Å²) in [5, 5.41) is 24.0. The van der Waals surface area contributed by atoms with Crippen LogP contribution in [0.5, 0.6) is 5.75 Å². The molecule has 4 rings (SSSR count). The molecule has 2 N–H and O–H groups in total. The molecule has 7 heteroatoms. The fourth-order valence-electron chi connectivity index (χ4n) is 3.60. The first-order valence-electron chi connectivity index (χ1n) is 8.79. The fraction of sp³-hybridized carbons (Fsp3) is 0.300. The summed E-state index contributed by atoms with van der Waals surface area (Å²) in [4.78, 5) is 0. The molecule has 1 aliphatic rings. The van der Waals surface area contributed by atoms with E-state index in [0.29, 0.717) is 35.1 Å². The maximum atomic E-state index is 13.4. The van der Waals surface area contributed by atoms with Gasteiger partial charge in [-0.3, -0.25) is 0 Å². The Morgan fingerprint density at radius 3 is 2.63 bits per heavy atom. The topological polar surface area (TPSA) is 58.0 Å². The van der Waals surface area contributed by atoms with Gasteiger partial charge in [-0.1, -0.05) is 35.9 Å². The number of aromatic hydroxyl groups is 1. The lowest BCUT2D eigenvalue weighted by atomic mass is 10.0. The first-order valence-corrected chi connectivity index (χ1v) is 9.17. The van der Waals surface area contributed by atoms with Crippen LogP contribution in [0.15, 0.2) is 42.5 Å². The highest BCUT2D eigenvalue weighted by Gasteiger charge is 2.39. The van der Waals surface area contributed by atoms with Gasteiger partial charge < -0.3 is 10.4 Å². The average Bonchev–Trinajstić information content (AvgIpc) is 2.99. The third kappa shape index (κ3) is 3.67. The zero-order valence-corrected chi connectivity index (χ0v) is 15.2. The Bertz CT molecular complexity index is 996. The van der Waals surface area contributed by atoms with E-state index in [1.54, 1.807) is 12.1 Å². The molecular weight excluding hydrogens is 372 g/mol. The highest BCUT2D eigenvalue weighted by molar-refractivity contribution is 6.30. The van der Waals surface area contributed by atoms with Gasteiger partial charge in [0.2, 0.25) is 5.92 Å². The Morgan fingerprint density at radius 2 is 1.93 bits per heavy atom. The average molecular weight is 390 g/mol. The zero-order chi connectivity index (χ0) is 19.0. The molecule has 0 spiro atoms. The number of nitrogens with one attached hydrogen (secondary N) is 1. The molecule has 1 heterocycles. The van der Waals surface area contributed by atoms with Gasteiger partial charge in [0.1, 0.15) is 11.4 Å². The highest BCUT2D eigenvalue weighted by Crippen LogP contribution is 2.39. The van der Waals surface area contributed by atoms with Crippen LogP contribution in [0, 0.1) is 5.92 Å². The summed E-state index contributed by atoms with van der Waals surface area (Å²) in [5.41, 5.74) is 1.07. The lowest BCUT2D eigenvalue weighted by Gasteiger charge is -2.15. The predicted octanol–water partition coefficient (Wildman–Crippen LogP) is 5.50. The minimum atomic E-state index is -2.56. The van der Waals surface area contributed by atoms with Crippen molar-refractivity contribution in [1.82, 2.24) is 10.2 Å². The van der Waals surface area contributed by atoms with E-state index in [-0.39, 0.29) is 24.5 Å². The van der Waals surface area contributed by atoms with Gasteiger partial charge in [-0.2, -0.15) is 0 Å². The van der Waals surface area contributed by atoms with Crippen LogP contribution in [0.25, 0.3) is 22.0 Å². The summed E-state index contributed by atoms with van der Waals surface area (Å²) < 4.78 is 26.8. The molecule has 140 valence electrons. The molecule has 0 unspecified atom stereocenters. The van der Waals surface area contributed by atoms with Crippen molar-refractivity contribution >= 4 is 28.2 Å². The normalized spacial score (nSPS) is 18.7. The molecule has 2 aromatic carbocycles. The monoisotopic (exact) mass is 389 g/mol. The molecule has 0 saturated heterocycles. The summed E-state index contributed by atoms with van der Waals surface area (Å²) in [6.07, 6.45) is 0.352. The minimum absolute atomic E-state index is 0.0239. The summed E-state index contributed by atoms with van der Waals surface area (Å²) in [6, 6.07) is 12.4. The van der Waals surface area contributed by atoms with Crippen LogP contribution < -0.4 is 5.32 Å². The van der Waals surface area contributed by atoms with Crippen molar-refractivity contribution in [2.45, 2.75) is 25.2 Å². The lowest BCUT2D eigenvalue weighted by Crippen LogP contribution is -2.16. The largest absolute Gasteiger partial charge is 0.507 e. The lowest BCUT2D eigenvalue weighted by molar-refractivity contribution is 0.00556. The van der Waals surface area contributed by atoms with Crippen molar-refractivity contribution in [3.8, 4) is 17.0 Å². The Hall–Kier alpha value is -2.47. The molecule has 1 saturated carbocycles. The first kappa shape index (κ1) is 17.9. The Kier molecular flexibility index (Phi) is 4.60. The smallest absolute Gasteiger partial charge is 0.248 e. The number of phenolic OH excluding ortho intramolecular Hbond substituents is 1. The van der Waals surface area contributed by atoms with Crippen molar-refractivity contribution in [2.75, 3.05) is 11.9 Å². The van der Waals surface area contributed by atoms with E-state index in [1.807, 2.05) is 24.3 Å². The third-order valence-corrected chi connectivity index (χ3v) is 5.20. The van der Waals surface area contributed by atoms with Gasteiger partial charge in [-0.05, 0) is 30.5 Å². The van der Waals surface area contributed by atoms with Crippen molar-refractivity contribution in [2.24, 2.45) is 5.92 Å². The van der Waals surface area contributed by atoms with E-state index in [4.69, 9.17) is 11.6 Å². The molecule has 0 bridgehead atoms. The summed E-state index contributed by atoms with van der Waals surface area (Å²) in [5.74, 6) is -2.06. The minimum Gasteiger partial charge on any atom is -0.507 e. The van der Waals surface area contributed by atoms with Gasteiger partial charge in [-0.15, -0.1) is 10.2 Å². The van der Waals surface area contributed by atoms with Gasteiger partial charge >= 0.3 is 0 Å². The Morgan fingerprint density at radius 1 is 1.15 bits per heavy atom. The molecule has 0 radical (unpaired) electrons. The number of benzene rings is 2. The van der Waals surface area contributed by atoms with Crippen molar-refractivity contribution in [3.05, 3.63) is 47.5 Å². The van der Waals surface area contributed by atoms with E-state index >= 15 is 0 Å². The third-order valence-electron chi connectivity index (χ3n) is 4.97. The van der Waals surface area contributed by atoms with E-state index in [2.05, 4.69) is 15.5 Å². The Labute approximate surface area is 160 Å². The maximum absolute atomic E-state index is 13.4. The van der Waals surface area contributed by atoms with E-state index < -0.39 is 5.92 Å². The maximum Gasteiger partial charge on any atom is 0.248 e. The van der Waals surface area contributed by atoms with Crippen LogP contribution in [-0.4, -0.2) is 27.8 Å². The molecule has 3 aromatic rings. The van der Waals surface area contributed by atoms with Crippen LogP contribution in [0.4, 0.5) is 14.6 Å². The molecular formula is C20H18ClF2N3O. The van der Waals surface area contributed by atoms with E-state index in [9.17, 15) is 13.9 Å². The number of phenols is 1. The van der Waals surface area contributed by atoms with Crippen LogP contribution in [0.3, 0.4) is 0 Å². The number of alkyl halides is 2. The van der Waals surface area contributed by atoms with E-state index in [0.717, 1.165) is 10.8 Å². The summed E-state index contributed by atoms with van der Waals surface area (Å²) in [6.45, 7) is 0.430. The van der Waals surface area contributed by atoms with Gasteiger partial charge in [-0.25, -0.2) is 8.78 Å². The molecule has 27 heavy (non-hydrogen) atoms. The molecule has 1 aromatic heterocycles. The van der Waals surface area contributed by atoms with Gasteiger partial charge in [0.25, 0.3) is 0 Å². The highest BCUT2D eigenvalue weighted by atomic mass is 35.5. The van der Waals surface area contributed by atoms with E-state index in [1.165, 1.54) is 6.07 Å². The number of fused-ring (bicyclic) bond motifs is 1. The SMILES string of the molecule is Oc1cc(Cl)ccc1-c1nnc(NC[C@H]2CCC(F)(F)C2)c2ccccc12. The predicted molar refractivity (Wildman–Crippen MR) is 102 cm³/mol. The molecule has 0 aliphatic heterocycles. The molecule has 1 fully saturated rings. The first-order chi connectivity index (χ1) is 12.9. The van der Waals surface area contributed by atoms with Gasteiger partial charge in [0, 0.05) is 40.7 Å². The number of nitrogens with zero attached hydrogens (tertiary/aromatic N) is 2. The number of hydrogen-bond acceptors (Lipinski definition) is 4. The number of anilines is 1. The second-order valence-corrected chi connectivity index (χ2v) is 7.39. The number of halogens is 3. The quantitative estimate of drug-likeness (QED) is 0.618. The van der Waals surface area contributed by atoms with Crippen LogP contribution >= 0.6 is 11.6 Å². The zero-order valence-electron chi connectivity index (χ0n) is 14.4. The standard InChI is InChI=1S/C20H18ClF2N3O/c21-13-5-6-16(17(27)9-13)18-14-3-1-2-4-15(14)19(26-25-18)24-11-12-7-8-20(22,23)10-12/h1-6,9,12,27H,7-8,10-11H2,(H,24,26)/t12-/m0/s1. The summed E-state index contributed by atoms with van der Waals surface area (Å²) >= 11 is 5.91. The van der Waals surface area contributed by atoms with Crippen LogP contribution in [0.2, 0.25) is 5.02 Å². The van der Waals surface area contributed by atoms with Crippen molar-refractivity contribution < 1.29 is 13.9 Å².